The molecule has 2 aliphatic rings. The van der Waals surface area contributed by atoms with Gasteiger partial charge in [-0.25, -0.2) is 9.59 Å². The Labute approximate surface area is 252 Å². The van der Waals surface area contributed by atoms with E-state index >= 15 is 0 Å². The van der Waals surface area contributed by atoms with Crippen LogP contribution in [0, 0.1) is 0 Å². The van der Waals surface area contributed by atoms with Crippen molar-refractivity contribution in [3.8, 4) is 17.0 Å². The molecule has 0 spiro atoms. The second-order valence-corrected chi connectivity index (χ2v) is 12.0. The van der Waals surface area contributed by atoms with Gasteiger partial charge in [0.25, 0.3) is 0 Å². The van der Waals surface area contributed by atoms with Gasteiger partial charge in [0.05, 0.1) is 16.8 Å². The van der Waals surface area contributed by atoms with Gasteiger partial charge in [0.1, 0.15) is 12.4 Å². The standard InChI is InChI=1S/C35H39N3O5/c1-36(2)15-16-37-17-18-38-31-20-26(35(41)42)11-13-28(31)32(24-8-4-3-5-9-24)33(38)29-14-12-27(21-30(29)37)43-22-23-7-6-10-25(19-23)34(39)40/h6-7,10-14,19-21,24H,3-5,8-9,15-18,22H2,1-2H3,(H,39,40)(H,41,42). The summed E-state index contributed by atoms with van der Waals surface area (Å²) in [5, 5.41) is 20.4. The van der Waals surface area contributed by atoms with Gasteiger partial charge in [-0.15, -0.1) is 0 Å². The summed E-state index contributed by atoms with van der Waals surface area (Å²) in [5.41, 5.74) is 7.15. The van der Waals surface area contributed by atoms with E-state index in [1.54, 1.807) is 24.3 Å². The van der Waals surface area contributed by atoms with E-state index in [0.29, 0.717) is 11.5 Å². The second-order valence-electron chi connectivity index (χ2n) is 12.0. The molecule has 8 heteroatoms. The van der Waals surface area contributed by atoms with Crippen LogP contribution < -0.4 is 9.64 Å². The fourth-order valence-electron chi connectivity index (χ4n) is 6.75. The molecule has 3 aromatic carbocycles. The average molecular weight is 582 g/mol. The number of carbonyl (C=O) groups is 2. The third-order valence-electron chi connectivity index (χ3n) is 8.92. The summed E-state index contributed by atoms with van der Waals surface area (Å²) in [7, 11) is 4.16. The van der Waals surface area contributed by atoms with Crippen molar-refractivity contribution in [3.05, 3.63) is 82.9 Å². The average Bonchev–Trinajstić information content (AvgIpc) is 3.24. The third kappa shape index (κ3) is 5.84. The molecule has 0 amide bonds. The van der Waals surface area contributed by atoms with E-state index in [2.05, 4.69) is 40.6 Å². The highest BCUT2D eigenvalue weighted by Gasteiger charge is 2.31. The van der Waals surface area contributed by atoms with Gasteiger partial charge in [-0.2, -0.15) is 0 Å². The Balaban J connectivity index is 1.46. The van der Waals surface area contributed by atoms with Crippen molar-refractivity contribution in [2.24, 2.45) is 0 Å². The molecule has 2 N–H and O–H groups in total. The molecule has 6 rings (SSSR count). The van der Waals surface area contributed by atoms with E-state index in [1.165, 1.54) is 35.9 Å². The van der Waals surface area contributed by atoms with Crippen LogP contribution in [0.4, 0.5) is 5.69 Å². The molecule has 0 bridgehead atoms. The lowest BCUT2D eigenvalue weighted by atomic mass is 9.81. The van der Waals surface area contributed by atoms with E-state index in [4.69, 9.17) is 4.74 Å². The first-order valence-electron chi connectivity index (χ1n) is 15.2. The summed E-state index contributed by atoms with van der Waals surface area (Å²) in [5.74, 6) is -0.704. The predicted octanol–water partition coefficient (Wildman–Crippen LogP) is 6.71. The maximum Gasteiger partial charge on any atom is 0.335 e. The number of hydrogen-bond acceptors (Lipinski definition) is 5. The summed E-state index contributed by atoms with van der Waals surface area (Å²) in [4.78, 5) is 28.0. The number of likely N-dealkylation sites (N-methyl/N-ethyl adjacent to an activating group) is 1. The van der Waals surface area contributed by atoms with Gasteiger partial charge in [-0.1, -0.05) is 37.5 Å². The summed E-state index contributed by atoms with van der Waals surface area (Å²) in [6, 6.07) is 18.7. The molecule has 0 atom stereocenters. The lowest BCUT2D eigenvalue weighted by Gasteiger charge is -2.27. The van der Waals surface area contributed by atoms with Crippen molar-refractivity contribution in [2.45, 2.75) is 51.2 Å². The summed E-state index contributed by atoms with van der Waals surface area (Å²) in [6.07, 6.45) is 5.97. The minimum atomic E-state index is -0.956. The highest BCUT2D eigenvalue weighted by Crippen LogP contribution is 2.48. The molecular weight excluding hydrogens is 542 g/mol. The number of carboxylic acid groups (broad SMARTS) is 2. The number of aromatic carboxylic acids is 2. The topological polar surface area (TPSA) is 95.2 Å². The summed E-state index contributed by atoms with van der Waals surface area (Å²) < 4.78 is 8.60. The van der Waals surface area contributed by atoms with Gasteiger partial charge in [0.2, 0.25) is 0 Å². The van der Waals surface area contributed by atoms with Crippen LogP contribution in [0.25, 0.3) is 22.2 Å². The van der Waals surface area contributed by atoms with Crippen LogP contribution in [0.1, 0.15) is 69.9 Å². The molecule has 0 unspecified atom stereocenters. The molecule has 1 fully saturated rings. The van der Waals surface area contributed by atoms with Crippen molar-refractivity contribution in [3.63, 3.8) is 0 Å². The van der Waals surface area contributed by atoms with Crippen LogP contribution in [0.5, 0.6) is 5.75 Å². The Hall–Kier alpha value is -4.30. The van der Waals surface area contributed by atoms with Crippen molar-refractivity contribution in [2.75, 3.05) is 38.6 Å². The lowest BCUT2D eigenvalue weighted by Crippen LogP contribution is -2.33. The Morgan fingerprint density at radius 2 is 1.67 bits per heavy atom. The zero-order valence-corrected chi connectivity index (χ0v) is 24.9. The molecule has 8 nitrogen and oxygen atoms in total. The first-order valence-corrected chi connectivity index (χ1v) is 15.2. The van der Waals surface area contributed by atoms with E-state index in [1.807, 2.05) is 24.3 Å². The van der Waals surface area contributed by atoms with Crippen LogP contribution in [-0.4, -0.2) is 65.3 Å². The molecule has 43 heavy (non-hydrogen) atoms. The molecule has 4 aromatic rings. The third-order valence-corrected chi connectivity index (χ3v) is 8.92. The summed E-state index contributed by atoms with van der Waals surface area (Å²) >= 11 is 0. The van der Waals surface area contributed by atoms with Gasteiger partial charge in [-0.3, -0.25) is 0 Å². The van der Waals surface area contributed by atoms with E-state index in [9.17, 15) is 19.8 Å². The second kappa shape index (κ2) is 12.1. The largest absolute Gasteiger partial charge is 0.489 e. The van der Waals surface area contributed by atoms with Crippen LogP contribution >= 0.6 is 0 Å². The summed E-state index contributed by atoms with van der Waals surface area (Å²) in [6.45, 7) is 3.53. The minimum Gasteiger partial charge on any atom is -0.489 e. The Morgan fingerprint density at radius 3 is 2.42 bits per heavy atom. The van der Waals surface area contributed by atoms with Gasteiger partial charge < -0.3 is 29.3 Å². The molecule has 2 heterocycles. The number of carboxylic acids is 2. The maximum absolute atomic E-state index is 12.0. The number of hydrogen-bond donors (Lipinski definition) is 2. The number of nitrogens with zero attached hydrogens (tertiary/aromatic N) is 3. The number of benzene rings is 3. The van der Waals surface area contributed by atoms with E-state index in [0.717, 1.165) is 67.1 Å². The van der Waals surface area contributed by atoms with Crippen molar-refractivity contribution >= 4 is 28.5 Å². The highest BCUT2D eigenvalue weighted by molar-refractivity contribution is 5.99. The molecule has 224 valence electrons. The zero-order chi connectivity index (χ0) is 30.1. The molecule has 1 aliphatic carbocycles. The van der Waals surface area contributed by atoms with Crippen LogP contribution in [-0.2, 0) is 13.2 Å². The number of rotatable bonds is 9. The molecule has 1 aromatic heterocycles. The van der Waals surface area contributed by atoms with Crippen LogP contribution in [0.3, 0.4) is 0 Å². The maximum atomic E-state index is 12.0. The highest BCUT2D eigenvalue weighted by atomic mass is 16.5. The first kappa shape index (κ1) is 28.8. The molecule has 0 radical (unpaired) electrons. The zero-order valence-electron chi connectivity index (χ0n) is 24.9. The van der Waals surface area contributed by atoms with E-state index < -0.39 is 11.9 Å². The Bertz CT molecular complexity index is 1670. The van der Waals surface area contributed by atoms with Crippen molar-refractivity contribution < 1.29 is 24.5 Å². The number of fused-ring (bicyclic) bond motifs is 5. The SMILES string of the molecule is CN(C)CCN1CCn2c(c(C3CCCCC3)c3ccc(C(=O)O)cc32)-c2ccc(OCc3cccc(C(=O)O)c3)cc21. The lowest BCUT2D eigenvalue weighted by molar-refractivity contribution is 0.0686. The normalized spacial score (nSPS) is 15.3. The number of ether oxygens (including phenoxy) is 1. The van der Waals surface area contributed by atoms with Crippen LogP contribution in [0.15, 0.2) is 60.7 Å². The van der Waals surface area contributed by atoms with Crippen LogP contribution in [0.2, 0.25) is 0 Å². The molecule has 1 aliphatic heterocycles. The fourth-order valence-corrected chi connectivity index (χ4v) is 6.75. The number of aromatic nitrogens is 1. The van der Waals surface area contributed by atoms with Gasteiger partial charge in [-0.05, 0) is 80.4 Å². The predicted molar refractivity (Wildman–Crippen MR) is 169 cm³/mol. The monoisotopic (exact) mass is 581 g/mol. The fraction of sp³-hybridized carbons (Fsp3) is 0.371. The minimum absolute atomic E-state index is 0.243. The molecule has 1 saturated carbocycles. The van der Waals surface area contributed by atoms with Crippen molar-refractivity contribution in [1.82, 2.24) is 9.47 Å². The quantitative estimate of drug-likeness (QED) is 0.227. The Morgan fingerprint density at radius 1 is 0.907 bits per heavy atom. The first-order chi connectivity index (χ1) is 20.8. The Kier molecular flexibility index (Phi) is 8.13. The van der Waals surface area contributed by atoms with Gasteiger partial charge in [0.15, 0.2) is 0 Å². The van der Waals surface area contributed by atoms with Crippen molar-refractivity contribution in [1.29, 1.82) is 0 Å². The van der Waals surface area contributed by atoms with Gasteiger partial charge >= 0.3 is 11.9 Å². The smallest absolute Gasteiger partial charge is 0.335 e. The molecule has 0 saturated heterocycles. The van der Waals surface area contributed by atoms with E-state index in [-0.39, 0.29) is 12.2 Å². The molecular formula is C35H39N3O5. The number of anilines is 1. The van der Waals surface area contributed by atoms with Gasteiger partial charge in [0, 0.05) is 54.4 Å².